The Morgan fingerprint density at radius 1 is 0.944 bits per heavy atom. The standard InChI is InChI=1S/C27H28ClF6NO/c1-17(35-16-21(27(32,33)34)10-13-24(35)36-25(2,3)4)23(14-18-8-11-22(28)12-9-18)19-6-5-7-20(15-19)26(29,30)31/h5-13,15-17,23-24H,14H2,1-4H3. The van der Waals surface area contributed by atoms with Gasteiger partial charge in [0.2, 0.25) is 0 Å². The summed E-state index contributed by atoms with van der Waals surface area (Å²) in [6, 6.07) is 11.1. The van der Waals surface area contributed by atoms with Crippen LogP contribution in [0.4, 0.5) is 26.3 Å². The van der Waals surface area contributed by atoms with Gasteiger partial charge in [-0.15, -0.1) is 0 Å². The Labute approximate surface area is 212 Å². The molecule has 0 fully saturated rings. The third kappa shape index (κ3) is 7.29. The van der Waals surface area contributed by atoms with Crippen LogP contribution >= 0.6 is 11.6 Å². The predicted molar refractivity (Wildman–Crippen MR) is 129 cm³/mol. The highest BCUT2D eigenvalue weighted by atomic mass is 35.5. The molecule has 1 aliphatic heterocycles. The number of benzene rings is 2. The molecule has 3 unspecified atom stereocenters. The van der Waals surface area contributed by atoms with Crippen LogP contribution in [0.1, 0.15) is 50.3 Å². The van der Waals surface area contributed by atoms with Crippen LogP contribution in [0.15, 0.2) is 72.5 Å². The minimum absolute atomic E-state index is 0.275. The normalized spacial score (nSPS) is 18.7. The molecule has 2 aromatic rings. The van der Waals surface area contributed by atoms with Crippen molar-refractivity contribution in [3.8, 4) is 0 Å². The van der Waals surface area contributed by atoms with Crippen LogP contribution in [0.3, 0.4) is 0 Å². The van der Waals surface area contributed by atoms with Crippen LogP contribution in [-0.4, -0.2) is 28.9 Å². The monoisotopic (exact) mass is 531 g/mol. The zero-order chi connectivity index (χ0) is 26.9. The molecule has 2 nitrogen and oxygen atoms in total. The van der Waals surface area contributed by atoms with E-state index < -0.39 is 47.3 Å². The summed E-state index contributed by atoms with van der Waals surface area (Å²) in [4.78, 5) is 1.44. The second kappa shape index (κ2) is 10.5. The molecule has 0 aliphatic carbocycles. The van der Waals surface area contributed by atoms with E-state index in [0.29, 0.717) is 10.6 Å². The van der Waals surface area contributed by atoms with E-state index in [1.165, 1.54) is 17.0 Å². The van der Waals surface area contributed by atoms with Gasteiger partial charge in [0.25, 0.3) is 0 Å². The van der Waals surface area contributed by atoms with Crippen molar-refractivity contribution in [3.63, 3.8) is 0 Å². The Morgan fingerprint density at radius 3 is 2.14 bits per heavy atom. The van der Waals surface area contributed by atoms with Gasteiger partial charge >= 0.3 is 12.4 Å². The van der Waals surface area contributed by atoms with E-state index in [4.69, 9.17) is 16.3 Å². The largest absolute Gasteiger partial charge is 0.417 e. The number of nitrogens with zero attached hydrogens (tertiary/aromatic N) is 1. The maximum absolute atomic E-state index is 13.6. The fraction of sp³-hybridized carbons (Fsp3) is 0.407. The van der Waals surface area contributed by atoms with Gasteiger partial charge in [0.15, 0.2) is 0 Å². The van der Waals surface area contributed by atoms with Crippen LogP contribution in [0.5, 0.6) is 0 Å². The Morgan fingerprint density at radius 2 is 1.58 bits per heavy atom. The fourth-order valence-corrected chi connectivity index (χ4v) is 4.26. The Kier molecular flexibility index (Phi) is 8.20. The number of rotatable bonds is 6. The van der Waals surface area contributed by atoms with Gasteiger partial charge in [-0.3, -0.25) is 0 Å². The lowest BCUT2D eigenvalue weighted by molar-refractivity contribution is -0.137. The smallest absolute Gasteiger partial charge is 0.349 e. The lowest BCUT2D eigenvalue weighted by Crippen LogP contribution is -2.46. The molecule has 0 bridgehead atoms. The molecule has 0 N–H and O–H groups in total. The van der Waals surface area contributed by atoms with E-state index in [0.717, 1.165) is 30.0 Å². The molecule has 36 heavy (non-hydrogen) atoms. The van der Waals surface area contributed by atoms with Gasteiger partial charge in [-0.25, -0.2) is 0 Å². The van der Waals surface area contributed by atoms with Crippen molar-refractivity contribution < 1.29 is 31.1 Å². The van der Waals surface area contributed by atoms with Crippen LogP contribution in [-0.2, 0) is 17.3 Å². The highest BCUT2D eigenvalue weighted by molar-refractivity contribution is 6.30. The van der Waals surface area contributed by atoms with Gasteiger partial charge in [0, 0.05) is 23.2 Å². The quantitative estimate of drug-likeness (QED) is 0.346. The minimum atomic E-state index is -4.59. The lowest BCUT2D eigenvalue weighted by Gasteiger charge is -2.43. The first-order valence-electron chi connectivity index (χ1n) is 11.4. The molecular weight excluding hydrogens is 504 g/mol. The average molecular weight is 532 g/mol. The van der Waals surface area contributed by atoms with E-state index >= 15 is 0 Å². The van der Waals surface area contributed by atoms with Crippen LogP contribution in [0.2, 0.25) is 5.02 Å². The first-order valence-corrected chi connectivity index (χ1v) is 11.8. The summed E-state index contributed by atoms with van der Waals surface area (Å²) in [6.07, 6.45) is -6.43. The van der Waals surface area contributed by atoms with Gasteiger partial charge in [-0.1, -0.05) is 41.9 Å². The van der Waals surface area contributed by atoms with E-state index in [2.05, 4.69) is 0 Å². The SMILES string of the molecule is CC(C(Cc1ccc(Cl)cc1)c1cccc(C(F)(F)F)c1)N1C=C(C(F)(F)F)C=CC1OC(C)(C)C. The first-order chi connectivity index (χ1) is 16.5. The summed E-state index contributed by atoms with van der Waals surface area (Å²) in [6.45, 7) is 7.05. The minimum Gasteiger partial charge on any atom is -0.349 e. The van der Waals surface area contributed by atoms with Gasteiger partial charge in [-0.2, -0.15) is 26.3 Å². The second-order valence-corrected chi connectivity index (χ2v) is 10.2. The molecule has 3 rings (SSSR count). The molecule has 3 atom stereocenters. The Balaban J connectivity index is 2.09. The molecule has 196 valence electrons. The maximum atomic E-state index is 13.6. The zero-order valence-electron chi connectivity index (χ0n) is 20.3. The molecule has 9 heteroatoms. The summed E-state index contributed by atoms with van der Waals surface area (Å²) in [5.41, 5.74) is -1.22. The van der Waals surface area contributed by atoms with Crippen molar-refractivity contribution in [1.82, 2.24) is 4.90 Å². The zero-order valence-corrected chi connectivity index (χ0v) is 21.0. The summed E-state index contributed by atoms with van der Waals surface area (Å²) >= 11 is 5.99. The molecule has 0 radical (unpaired) electrons. The summed E-state index contributed by atoms with van der Waals surface area (Å²) in [5, 5.41) is 0.500. The number of alkyl halides is 6. The maximum Gasteiger partial charge on any atom is 0.417 e. The highest BCUT2D eigenvalue weighted by Gasteiger charge is 2.39. The van der Waals surface area contributed by atoms with E-state index in [1.54, 1.807) is 58.0 Å². The second-order valence-electron chi connectivity index (χ2n) is 9.81. The molecule has 0 aromatic heterocycles. The number of hydrogen-bond acceptors (Lipinski definition) is 2. The number of ether oxygens (including phenoxy) is 1. The highest BCUT2D eigenvalue weighted by Crippen LogP contribution is 2.38. The molecule has 0 saturated carbocycles. The van der Waals surface area contributed by atoms with Crippen molar-refractivity contribution in [3.05, 3.63) is 94.2 Å². The molecule has 0 amide bonds. The van der Waals surface area contributed by atoms with E-state index in [-0.39, 0.29) is 6.42 Å². The number of allylic oxidation sites excluding steroid dienone is 2. The number of halogens is 7. The average Bonchev–Trinajstić information content (AvgIpc) is 2.76. The first kappa shape index (κ1) is 28.1. The number of hydrogen-bond donors (Lipinski definition) is 0. The summed E-state index contributed by atoms with van der Waals surface area (Å²) in [5.74, 6) is -0.600. The Hall–Kier alpha value is -2.45. The third-order valence-corrected chi connectivity index (χ3v) is 6.14. The lowest BCUT2D eigenvalue weighted by atomic mass is 9.84. The molecule has 1 aliphatic rings. The predicted octanol–water partition coefficient (Wildman–Crippen LogP) is 8.53. The van der Waals surface area contributed by atoms with Gasteiger partial charge in [0.05, 0.1) is 16.7 Å². The molecule has 0 spiro atoms. The topological polar surface area (TPSA) is 12.5 Å². The van der Waals surface area contributed by atoms with Gasteiger partial charge in [0.1, 0.15) is 6.23 Å². The van der Waals surface area contributed by atoms with Crippen molar-refractivity contribution >= 4 is 11.6 Å². The summed E-state index contributed by atoms with van der Waals surface area (Å²) < 4.78 is 87.4. The van der Waals surface area contributed by atoms with Gasteiger partial charge in [-0.05, 0) is 75.6 Å². The van der Waals surface area contributed by atoms with Crippen molar-refractivity contribution in [2.45, 2.75) is 70.3 Å². The molecule has 1 heterocycles. The van der Waals surface area contributed by atoms with E-state index in [9.17, 15) is 26.3 Å². The van der Waals surface area contributed by atoms with Crippen molar-refractivity contribution in [2.24, 2.45) is 0 Å². The molecular formula is C27H28ClF6NO. The fourth-order valence-electron chi connectivity index (χ4n) is 4.14. The van der Waals surface area contributed by atoms with Gasteiger partial charge < -0.3 is 9.64 Å². The van der Waals surface area contributed by atoms with Crippen molar-refractivity contribution in [2.75, 3.05) is 0 Å². The van der Waals surface area contributed by atoms with Crippen LogP contribution < -0.4 is 0 Å². The molecule has 0 saturated heterocycles. The third-order valence-electron chi connectivity index (χ3n) is 5.89. The Bertz CT molecular complexity index is 1100. The summed E-state index contributed by atoms with van der Waals surface area (Å²) in [7, 11) is 0. The van der Waals surface area contributed by atoms with Crippen molar-refractivity contribution in [1.29, 1.82) is 0 Å². The van der Waals surface area contributed by atoms with E-state index in [1.807, 2.05) is 0 Å². The van der Waals surface area contributed by atoms with Crippen LogP contribution in [0.25, 0.3) is 0 Å². The van der Waals surface area contributed by atoms with Crippen LogP contribution in [0, 0.1) is 0 Å². The molecule has 2 aromatic carbocycles.